The first-order valence-corrected chi connectivity index (χ1v) is 9.77. The second-order valence-corrected chi connectivity index (χ2v) is 7.03. The maximum atomic E-state index is 13.0. The van der Waals surface area contributed by atoms with Gasteiger partial charge in [0, 0.05) is 29.7 Å². The van der Waals surface area contributed by atoms with Gasteiger partial charge in [0.15, 0.2) is 5.78 Å². The van der Waals surface area contributed by atoms with Crippen molar-refractivity contribution in [3.8, 4) is 11.5 Å². The summed E-state index contributed by atoms with van der Waals surface area (Å²) in [5, 5.41) is 11.3. The monoisotopic (exact) mass is 425 g/mol. The molecule has 0 heterocycles. The molecule has 8 heteroatoms. The summed E-state index contributed by atoms with van der Waals surface area (Å²) in [6.07, 6.45) is 1.73. The lowest BCUT2D eigenvalue weighted by molar-refractivity contribution is -0.384. The number of ether oxygens (including phenoxy) is 3. The molecule has 0 radical (unpaired) electrons. The fraction of sp³-hybridized carbons (Fsp3) is 0.304. The number of hydrogen-bond donors (Lipinski definition) is 0. The average molecular weight is 425 g/mol. The van der Waals surface area contributed by atoms with Gasteiger partial charge in [-0.05, 0) is 42.7 Å². The normalized spacial score (nSPS) is 18.2. The van der Waals surface area contributed by atoms with E-state index in [1.807, 2.05) is 0 Å². The van der Waals surface area contributed by atoms with E-state index < -0.39 is 28.5 Å². The molecule has 2 unspecified atom stereocenters. The molecule has 162 valence electrons. The second kappa shape index (κ2) is 9.42. The Morgan fingerprint density at radius 2 is 1.94 bits per heavy atom. The van der Waals surface area contributed by atoms with Crippen LogP contribution in [-0.2, 0) is 14.3 Å². The zero-order chi connectivity index (χ0) is 22.5. The first kappa shape index (κ1) is 22.0. The van der Waals surface area contributed by atoms with Crippen molar-refractivity contribution in [2.75, 3.05) is 20.8 Å². The minimum absolute atomic E-state index is 0.106. The molecule has 0 aromatic heterocycles. The second-order valence-electron chi connectivity index (χ2n) is 7.03. The smallest absolute Gasteiger partial charge is 0.317 e. The van der Waals surface area contributed by atoms with Crippen molar-refractivity contribution < 1.29 is 28.7 Å². The molecule has 0 bridgehead atoms. The van der Waals surface area contributed by atoms with Crippen LogP contribution in [0.25, 0.3) is 5.57 Å². The van der Waals surface area contributed by atoms with Gasteiger partial charge in [-0.15, -0.1) is 0 Å². The molecule has 0 N–H and O–H groups in total. The van der Waals surface area contributed by atoms with Crippen LogP contribution in [0.4, 0.5) is 5.69 Å². The van der Waals surface area contributed by atoms with Crippen molar-refractivity contribution in [1.82, 2.24) is 0 Å². The van der Waals surface area contributed by atoms with Gasteiger partial charge in [-0.3, -0.25) is 19.7 Å². The molecule has 2 aromatic rings. The number of carbonyl (C=O) groups is 2. The van der Waals surface area contributed by atoms with Crippen LogP contribution in [0.5, 0.6) is 11.5 Å². The van der Waals surface area contributed by atoms with Crippen molar-refractivity contribution >= 4 is 23.0 Å². The van der Waals surface area contributed by atoms with Crippen molar-refractivity contribution in [3.63, 3.8) is 0 Å². The maximum Gasteiger partial charge on any atom is 0.317 e. The van der Waals surface area contributed by atoms with E-state index >= 15 is 0 Å². The first-order valence-electron chi connectivity index (χ1n) is 9.77. The summed E-state index contributed by atoms with van der Waals surface area (Å²) in [5.74, 6) is -1.61. The Hall–Kier alpha value is -3.68. The summed E-state index contributed by atoms with van der Waals surface area (Å²) in [6, 6.07) is 11.3. The Labute approximate surface area is 179 Å². The van der Waals surface area contributed by atoms with Crippen LogP contribution >= 0.6 is 0 Å². The van der Waals surface area contributed by atoms with Gasteiger partial charge in [-0.2, -0.15) is 0 Å². The number of allylic oxidation sites excluding steroid dienone is 2. The van der Waals surface area contributed by atoms with Gasteiger partial charge < -0.3 is 14.2 Å². The number of nitrogens with zero attached hydrogens (tertiary/aromatic N) is 1. The molecule has 0 spiro atoms. The van der Waals surface area contributed by atoms with Gasteiger partial charge in [-0.25, -0.2) is 0 Å². The number of esters is 1. The molecule has 3 rings (SSSR count). The Morgan fingerprint density at radius 3 is 2.58 bits per heavy atom. The Morgan fingerprint density at radius 1 is 1.16 bits per heavy atom. The standard InChI is InChI=1S/C23H23NO7/c1-4-31-23(26)22-19(14-6-5-7-16(10-14)24(27)28)11-15(12-20(22)25)18-9-8-17(29-2)13-21(18)30-3/h5-10,12-13,19,22H,4,11H2,1-3H3. The summed E-state index contributed by atoms with van der Waals surface area (Å²) in [4.78, 5) is 36.4. The van der Waals surface area contributed by atoms with Gasteiger partial charge in [0.2, 0.25) is 0 Å². The number of carbonyl (C=O) groups excluding carboxylic acids is 2. The first-order chi connectivity index (χ1) is 14.9. The predicted octanol–water partition coefficient (Wildman–Crippen LogP) is 3.93. The van der Waals surface area contributed by atoms with Crippen LogP contribution in [0.2, 0.25) is 0 Å². The van der Waals surface area contributed by atoms with Crippen LogP contribution < -0.4 is 9.47 Å². The number of benzene rings is 2. The van der Waals surface area contributed by atoms with Gasteiger partial charge >= 0.3 is 5.97 Å². The van der Waals surface area contributed by atoms with Crippen molar-refractivity contribution in [3.05, 3.63) is 69.8 Å². The number of nitro groups is 1. The third-order valence-electron chi connectivity index (χ3n) is 5.27. The lowest BCUT2D eigenvalue weighted by Gasteiger charge is -2.30. The number of nitro benzene ring substituents is 1. The van der Waals surface area contributed by atoms with Gasteiger partial charge in [0.25, 0.3) is 5.69 Å². The third-order valence-corrected chi connectivity index (χ3v) is 5.27. The molecule has 1 aliphatic carbocycles. The number of hydrogen-bond acceptors (Lipinski definition) is 7. The van der Waals surface area contributed by atoms with E-state index in [2.05, 4.69) is 0 Å². The SMILES string of the molecule is CCOC(=O)C1C(=O)C=C(c2ccc(OC)cc2OC)CC1c1cccc([N+](=O)[O-])c1. The van der Waals surface area contributed by atoms with Crippen molar-refractivity contribution in [1.29, 1.82) is 0 Å². The third kappa shape index (κ3) is 4.58. The van der Waals surface area contributed by atoms with Gasteiger partial charge in [0.05, 0.1) is 25.7 Å². The van der Waals surface area contributed by atoms with E-state index in [1.54, 1.807) is 44.4 Å². The highest BCUT2D eigenvalue weighted by atomic mass is 16.6. The number of methoxy groups -OCH3 is 2. The molecule has 0 aliphatic heterocycles. The molecule has 0 fully saturated rings. The summed E-state index contributed by atoms with van der Waals surface area (Å²) in [6.45, 7) is 1.80. The van der Waals surface area contributed by atoms with Crippen molar-refractivity contribution in [2.24, 2.45) is 5.92 Å². The molecule has 2 atom stereocenters. The van der Waals surface area contributed by atoms with E-state index in [1.165, 1.54) is 25.3 Å². The summed E-state index contributed by atoms with van der Waals surface area (Å²) < 4.78 is 15.8. The predicted molar refractivity (Wildman–Crippen MR) is 113 cm³/mol. The topological polar surface area (TPSA) is 105 Å². The summed E-state index contributed by atoms with van der Waals surface area (Å²) in [7, 11) is 3.06. The van der Waals surface area contributed by atoms with E-state index in [-0.39, 0.29) is 12.3 Å². The summed E-state index contributed by atoms with van der Waals surface area (Å²) in [5.41, 5.74) is 1.78. The quantitative estimate of drug-likeness (QED) is 0.286. The zero-order valence-corrected chi connectivity index (χ0v) is 17.5. The molecule has 0 saturated heterocycles. The fourth-order valence-electron chi connectivity index (χ4n) is 3.82. The number of rotatable bonds is 7. The fourth-order valence-corrected chi connectivity index (χ4v) is 3.82. The highest BCUT2D eigenvalue weighted by Crippen LogP contribution is 2.43. The molecular weight excluding hydrogens is 402 g/mol. The summed E-state index contributed by atoms with van der Waals surface area (Å²) >= 11 is 0. The molecule has 2 aromatic carbocycles. The molecule has 0 saturated carbocycles. The Balaban J connectivity index is 2.09. The van der Waals surface area contributed by atoms with E-state index in [0.717, 1.165) is 0 Å². The van der Waals surface area contributed by atoms with Crippen LogP contribution in [0.1, 0.15) is 30.4 Å². The van der Waals surface area contributed by atoms with E-state index in [4.69, 9.17) is 14.2 Å². The Bertz CT molecular complexity index is 1040. The molecular formula is C23H23NO7. The number of non-ortho nitro benzene ring substituents is 1. The molecule has 1 aliphatic rings. The zero-order valence-electron chi connectivity index (χ0n) is 17.5. The largest absolute Gasteiger partial charge is 0.497 e. The van der Waals surface area contributed by atoms with E-state index in [9.17, 15) is 19.7 Å². The van der Waals surface area contributed by atoms with Crippen LogP contribution in [0.15, 0.2) is 48.5 Å². The highest BCUT2D eigenvalue weighted by molar-refractivity contribution is 6.11. The Kier molecular flexibility index (Phi) is 6.69. The van der Waals surface area contributed by atoms with Gasteiger partial charge in [0.1, 0.15) is 17.4 Å². The van der Waals surface area contributed by atoms with E-state index in [0.29, 0.717) is 34.6 Å². The molecule has 8 nitrogen and oxygen atoms in total. The minimum atomic E-state index is -1.07. The van der Waals surface area contributed by atoms with Crippen molar-refractivity contribution in [2.45, 2.75) is 19.3 Å². The van der Waals surface area contributed by atoms with Crippen LogP contribution in [0, 0.1) is 16.0 Å². The van der Waals surface area contributed by atoms with Crippen LogP contribution in [-0.4, -0.2) is 37.5 Å². The van der Waals surface area contributed by atoms with Gasteiger partial charge in [-0.1, -0.05) is 12.1 Å². The van der Waals surface area contributed by atoms with Crippen LogP contribution in [0.3, 0.4) is 0 Å². The average Bonchev–Trinajstić information content (AvgIpc) is 2.78. The number of ketones is 1. The molecule has 0 amide bonds. The maximum absolute atomic E-state index is 13.0. The lowest BCUT2D eigenvalue weighted by atomic mass is 9.73. The lowest BCUT2D eigenvalue weighted by Crippen LogP contribution is -2.34. The minimum Gasteiger partial charge on any atom is -0.497 e. The highest BCUT2D eigenvalue weighted by Gasteiger charge is 2.40. The molecule has 31 heavy (non-hydrogen) atoms.